The summed E-state index contributed by atoms with van der Waals surface area (Å²) in [5.74, 6) is -0.227. The zero-order valence-electron chi connectivity index (χ0n) is 16.9. The highest BCUT2D eigenvalue weighted by Crippen LogP contribution is 2.25. The minimum atomic E-state index is -0.548. The normalized spacial score (nSPS) is 20.3. The van der Waals surface area contributed by atoms with Crippen molar-refractivity contribution in [2.75, 3.05) is 13.7 Å². The van der Waals surface area contributed by atoms with E-state index in [1.807, 2.05) is 27.7 Å². The van der Waals surface area contributed by atoms with Gasteiger partial charge in [-0.2, -0.15) is 0 Å². The summed E-state index contributed by atoms with van der Waals surface area (Å²) in [6, 6.07) is 3.93. The Bertz CT molecular complexity index is 760. The first-order valence-electron chi connectivity index (χ1n) is 9.24. The molecule has 0 spiro atoms. The lowest BCUT2D eigenvalue weighted by molar-refractivity contribution is -0.127. The van der Waals surface area contributed by atoms with Crippen LogP contribution in [0.2, 0.25) is 5.02 Å². The molecule has 1 saturated heterocycles. The van der Waals surface area contributed by atoms with Crippen molar-refractivity contribution in [3.05, 3.63) is 28.8 Å². The lowest BCUT2D eigenvalue weighted by Gasteiger charge is -2.33. The number of amides is 3. The first-order chi connectivity index (χ1) is 13.0. The van der Waals surface area contributed by atoms with E-state index in [9.17, 15) is 14.4 Å². The van der Waals surface area contributed by atoms with Gasteiger partial charge in [0.15, 0.2) is 0 Å². The van der Waals surface area contributed by atoms with E-state index in [1.54, 1.807) is 12.1 Å². The molecule has 2 rings (SSSR count). The quantitative estimate of drug-likeness (QED) is 0.670. The number of ether oxygens (including phenoxy) is 1. The molecule has 7 nitrogen and oxygen atoms in total. The Morgan fingerprint density at radius 3 is 2.54 bits per heavy atom. The number of benzene rings is 1. The maximum atomic E-state index is 12.6. The summed E-state index contributed by atoms with van der Waals surface area (Å²) < 4.78 is 5.09. The Balaban J connectivity index is 2.02. The van der Waals surface area contributed by atoms with Crippen LogP contribution in [0.5, 0.6) is 5.75 Å². The Kier molecular flexibility index (Phi) is 6.93. The van der Waals surface area contributed by atoms with Crippen molar-refractivity contribution >= 4 is 29.3 Å². The minimum absolute atomic E-state index is 0.0656. The fraction of sp³-hybridized carbons (Fsp3) is 0.550. The topological polar surface area (TPSA) is 96.5 Å². The molecular formula is C20H28ClN3O4. The van der Waals surface area contributed by atoms with Crippen LogP contribution in [0.3, 0.4) is 0 Å². The fourth-order valence-corrected chi connectivity index (χ4v) is 3.31. The molecule has 0 aliphatic carbocycles. The predicted octanol–water partition coefficient (Wildman–Crippen LogP) is 2.13. The third-order valence-electron chi connectivity index (χ3n) is 4.92. The second kappa shape index (κ2) is 8.82. The molecular weight excluding hydrogens is 382 g/mol. The van der Waals surface area contributed by atoms with Crippen LogP contribution in [0.25, 0.3) is 0 Å². The number of carbonyl (C=O) groups excluding carboxylic acids is 3. The van der Waals surface area contributed by atoms with E-state index < -0.39 is 6.04 Å². The van der Waals surface area contributed by atoms with E-state index in [-0.39, 0.29) is 41.6 Å². The van der Waals surface area contributed by atoms with Gasteiger partial charge in [-0.15, -0.1) is 0 Å². The number of hydrogen-bond donors (Lipinski definition) is 3. The smallest absolute Gasteiger partial charge is 0.251 e. The van der Waals surface area contributed by atoms with E-state index in [2.05, 4.69) is 16.0 Å². The van der Waals surface area contributed by atoms with Gasteiger partial charge in [0, 0.05) is 18.5 Å². The molecule has 1 heterocycles. The molecule has 3 atom stereocenters. The SMILES string of the molecule is COc1ccc(C(=O)NCC(NC(=O)C2NC(=O)CC2C)C(C)(C)C)cc1Cl. The number of carbonyl (C=O) groups is 3. The first kappa shape index (κ1) is 22.0. The summed E-state index contributed by atoms with van der Waals surface area (Å²) in [4.78, 5) is 36.6. The average Bonchev–Trinajstić information content (AvgIpc) is 2.95. The van der Waals surface area contributed by atoms with Crippen LogP contribution in [0.15, 0.2) is 18.2 Å². The summed E-state index contributed by atoms with van der Waals surface area (Å²) >= 11 is 6.08. The summed E-state index contributed by atoms with van der Waals surface area (Å²) in [5.41, 5.74) is 0.105. The monoisotopic (exact) mass is 409 g/mol. The predicted molar refractivity (Wildman–Crippen MR) is 107 cm³/mol. The van der Waals surface area contributed by atoms with Crippen LogP contribution >= 0.6 is 11.6 Å². The standard InChI is InChI=1S/C20H28ClN3O4/c1-11-8-16(25)24-17(11)19(27)23-15(20(2,3)4)10-22-18(26)12-6-7-14(28-5)13(21)9-12/h6-7,9,11,15,17H,8,10H2,1-5H3,(H,22,26)(H,23,27)(H,24,25). The number of halogens is 1. The molecule has 1 aromatic rings. The largest absolute Gasteiger partial charge is 0.495 e. The Hall–Kier alpha value is -2.28. The number of methoxy groups -OCH3 is 1. The van der Waals surface area contributed by atoms with Crippen molar-refractivity contribution in [2.24, 2.45) is 11.3 Å². The van der Waals surface area contributed by atoms with Crippen molar-refractivity contribution in [1.82, 2.24) is 16.0 Å². The summed E-state index contributed by atoms with van der Waals surface area (Å²) in [7, 11) is 1.51. The van der Waals surface area contributed by atoms with E-state index in [0.29, 0.717) is 22.8 Å². The number of hydrogen-bond acceptors (Lipinski definition) is 4. The van der Waals surface area contributed by atoms with E-state index in [4.69, 9.17) is 16.3 Å². The van der Waals surface area contributed by atoms with Crippen molar-refractivity contribution in [1.29, 1.82) is 0 Å². The van der Waals surface area contributed by atoms with Crippen LogP contribution in [-0.2, 0) is 9.59 Å². The van der Waals surface area contributed by atoms with E-state index in [0.717, 1.165) is 0 Å². The van der Waals surface area contributed by atoms with Gasteiger partial charge < -0.3 is 20.7 Å². The molecule has 8 heteroatoms. The molecule has 0 aromatic heterocycles. The van der Waals surface area contributed by atoms with Crippen molar-refractivity contribution in [3.8, 4) is 5.75 Å². The van der Waals surface area contributed by atoms with Crippen molar-refractivity contribution in [2.45, 2.75) is 46.2 Å². The molecule has 3 N–H and O–H groups in total. The zero-order valence-corrected chi connectivity index (χ0v) is 17.6. The molecule has 0 saturated carbocycles. The Morgan fingerprint density at radius 2 is 2.04 bits per heavy atom. The molecule has 1 aliphatic heterocycles. The average molecular weight is 410 g/mol. The molecule has 3 unspecified atom stereocenters. The summed E-state index contributed by atoms with van der Waals surface area (Å²) in [6.07, 6.45) is 0.341. The first-order valence-corrected chi connectivity index (χ1v) is 9.62. The van der Waals surface area contributed by atoms with Gasteiger partial charge >= 0.3 is 0 Å². The van der Waals surface area contributed by atoms with E-state index in [1.165, 1.54) is 13.2 Å². The number of rotatable bonds is 6. The minimum Gasteiger partial charge on any atom is -0.495 e. The molecule has 1 fully saturated rings. The summed E-state index contributed by atoms with van der Waals surface area (Å²) in [6.45, 7) is 8.04. The maximum absolute atomic E-state index is 12.6. The van der Waals surface area contributed by atoms with Gasteiger partial charge in [0.05, 0.1) is 18.2 Å². The molecule has 3 amide bonds. The van der Waals surface area contributed by atoms with E-state index >= 15 is 0 Å². The second-order valence-electron chi connectivity index (χ2n) is 8.21. The third kappa shape index (κ3) is 5.38. The molecule has 154 valence electrons. The van der Waals surface area contributed by atoms with Gasteiger partial charge in [-0.25, -0.2) is 0 Å². The van der Waals surface area contributed by atoms with Gasteiger partial charge in [-0.1, -0.05) is 39.3 Å². The van der Waals surface area contributed by atoms with Crippen LogP contribution in [0.1, 0.15) is 44.5 Å². The third-order valence-corrected chi connectivity index (χ3v) is 5.21. The maximum Gasteiger partial charge on any atom is 0.251 e. The highest BCUT2D eigenvalue weighted by atomic mass is 35.5. The molecule has 1 aliphatic rings. The second-order valence-corrected chi connectivity index (χ2v) is 8.62. The zero-order chi connectivity index (χ0) is 21.1. The molecule has 1 aromatic carbocycles. The Labute approximate surface area is 170 Å². The van der Waals surface area contributed by atoms with Crippen LogP contribution < -0.4 is 20.7 Å². The summed E-state index contributed by atoms with van der Waals surface area (Å²) in [5, 5.41) is 8.87. The van der Waals surface area contributed by atoms with Crippen molar-refractivity contribution < 1.29 is 19.1 Å². The Morgan fingerprint density at radius 1 is 1.36 bits per heavy atom. The van der Waals surface area contributed by atoms with Gasteiger partial charge in [0.1, 0.15) is 11.8 Å². The van der Waals surface area contributed by atoms with Crippen LogP contribution in [0, 0.1) is 11.3 Å². The van der Waals surface area contributed by atoms with Gasteiger partial charge in [0.2, 0.25) is 11.8 Å². The lowest BCUT2D eigenvalue weighted by Crippen LogP contribution is -2.55. The van der Waals surface area contributed by atoms with Crippen LogP contribution in [-0.4, -0.2) is 43.5 Å². The van der Waals surface area contributed by atoms with Gasteiger partial charge in [-0.3, -0.25) is 14.4 Å². The van der Waals surface area contributed by atoms with Gasteiger partial charge in [-0.05, 0) is 29.5 Å². The highest BCUT2D eigenvalue weighted by molar-refractivity contribution is 6.32. The highest BCUT2D eigenvalue weighted by Gasteiger charge is 2.36. The molecule has 28 heavy (non-hydrogen) atoms. The van der Waals surface area contributed by atoms with Crippen molar-refractivity contribution in [3.63, 3.8) is 0 Å². The lowest BCUT2D eigenvalue weighted by atomic mass is 9.86. The number of nitrogens with one attached hydrogen (secondary N) is 3. The van der Waals surface area contributed by atoms with Gasteiger partial charge in [0.25, 0.3) is 5.91 Å². The fourth-order valence-electron chi connectivity index (χ4n) is 3.05. The molecule has 0 bridgehead atoms. The van der Waals surface area contributed by atoms with Crippen LogP contribution in [0.4, 0.5) is 0 Å². The molecule has 0 radical (unpaired) electrons.